The molecule has 0 aliphatic heterocycles. The van der Waals surface area contributed by atoms with Crippen molar-refractivity contribution >= 4 is 36.3 Å². The Morgan fingerprint density at radius 3 is 2.44 bits per heavy atom. The van der Waals surface area contributed by atoms with E-state index in [1.165, 1.54) is 3.58 Å². The van der Waals surface area contributed by atoms with E-state index in [0.717, 1.165) is 3.90 Å². The number of hydrogen-bond donors (Lipinski definition) is 0. The molecule has 0 aliphatic carbocycles. The van der Waals surface area contributed by atoms with Crippen LogP contribution in [0.1, 0.15) is 0 Å². The second-order valence-corrected chi connectivity index (χ2v) is 6.89. The topological polar surface area (TPSA) is 0 Å². The SMILES string of the molecule is Cl[CH2][Sn][c]1ccccc1. The summed E-state index contributed by atoms with van der Waals surface area (Å²) in [4.78, 5) is 0. The van der Waals surface area contributed by atoms with Gasteiger partial charge in [0.25, 0.3) is 0 Å². The third-order valence-electron chi connectivity index (χ3n) is 1.04. The molecule has 1 aromatic rings. The molecule has 1 rings (SSSR count). The number of rotatable bonds is 2. The first-order chi connectivity index (χ1) is 4.43. The third kappa shape index (κ3) is 2.59. The molecule has 0 amide bonds. The number of alkyl halides is 1. The number of benzene rings is 1. The Morgan fingerprint density at radius 2 is 1.89 bits per heavy atom. The van der Waals surface area contributed by atoms with Gasteiger partial charge in [0.1, 0.15) is 0 Å². The van der Waals surface area contributed by atoms with Gasteiger partial charge in [0.2, 0.25) is 0 Å². The predicted octanol–water partition coefficient (Wildman–Crippen LogP) is 1.21. The quantitative estimate of drug-likeness (QED) is 0.543. The van der Waals surface area contributed by atoms with Crippen molar-refractivity contribution in [2.24, 2.45) is 0 Å². The van der Waals surface area contributed by atoms with Gasteiger partial charge in [-0.25, -0.2) is 0 Å². The minimum atomic E-state index is -0.384. The molecule has 0 nitrogen and oxygen atoms in total. The normalized spacial score (nSPS) is 9.44. The van der Waals surface area contributed by atoms with Crippen molar-refractivity contribution in [3.63, 3.8) is 0 Å². The van der Waals surface area contributed by atoms with E-state index in [1.807, 2.05) is 6.07 Å². The molecule has 0 saturated carbocycles. The van der Waals surface area contributed by atoms with Crippen LogP contribution >= 0.6 is 11.6 Å². The average molecular weight is 245 g/mol. The second-order valence-electron chi connectivity index (χ2n) is 1.68. The Hall–Kier alpha value is 0.309. The zero-order valence-electron chi connectivity index (χ0n) is 4.97. The molecule has 0 heterocycles. The Balaban J connectivity index is 2.61. The predicted molar refractivity (Wildman–Crippen MR) is 42.6 cm³/mol. The molecule has 0 saturated heterocycles. The molecule has 1 aromatic carbocycles. The van der Waals surface area contributed by atoms with Crippen LogP contribution in [0.2, 0.25) is 0 Å². The van der Waals surface area contributed by atoms with Crippen molar-refractivity contribution in [3.05, 3.63) is 30.3 Å². The molecule has 2 radical (unpaired) electrons. The van der Waals surface area contributed by atoms with Gasteiger partial charge in [-0.2, -0.15) is 0 Å². The molecule has 2 heteroatoms. The van der Waals surface area contributed by atoms with Crippen molar-refractivity contribution in [2.75, 3.05) is 3.90 Å². The van der Waals surface area contributed by atoms with Crippen LogP contribution in [0.15, 0.2) is 30.3 Å². The molecule has 0 aliphatic rings. The van der Waals surface area contributed by atoms with Gasteiger partial charge >= 0.3 is 70.6 Å². The fraction of sp³-hybridized carbons (Fsp3) is 0.143. The molecular formula is C7H7ClSn. The van der Waals surface area contributed by atoms with Crippen LogP contribution in [-0.2, 0) is 0 Å². The summed E-state index contributed by atoms with van der Waals surface area (Å²) in [5.74, 6) is 0. The number of halogens is 1. The van der Waals surface area contributed by atoms with E-state index in [-0.39, 0.29) is 21.1 Å². The Bertz CT molecular complexity index is 162. The maximum absolute atomic E-state index is 5.61. The van der Waals surface area contributed by atoms with Crippen LogP contribution in [0.25, 0.3) is 0 Å². The van der Waals surface area contributed by atoms with Crippen molar-refractivity contribution < 1.29 is 0 Å². The first-order valence-electron chi connectivity index (χ1n) is 2.78. The molecule has 9 heavy (non-hydrogen) atoms. The molecule has 0 aromatic heterocycles. The van der Waals surface area contributed by atoms with Crippen molar-refractivity contribution in [2.45, 2.75) is 0 Å². The molecule has 46 valence electrons. The average Bonchev–Trinajstić information content (AvgIpc) is 1.91. The van der Waals surface area contributed by atoms with E-state index in [0.29, 0.717) is 0 Å². The molecular weight excluding hydrogens is 238 g/mol. The van der Waals surface area contributed by atoms with Crippen LogP contribution in [0.5, 0.6) is 0 Å². The van der Waals surface area contributed by atoms with Gasteiger partial charge in [-0.3, -0.25) is 0 Å². The van der Waals surface area contributed by atoms with E-state index < -0.39 is 0 Å². The van der Waals surface area contributed by atoms with E-state index in [9.17, 15) is 0 Å². The van der Waals surface area contributed by atoms with E-state index in [2.05, 4.69) is 24.3 Å². The Morgan fingerprint density at radius 1 is 1.22 bits per heavy atom. The van der Waals surface area contributed by atoms with Crippen LogP contribution < -0.4 is 3.58 Å². The first kappa shape index (κ1) is 7.42. The van der Waals surface area contributed by atoms with Gasteiger partial charge < -0.3 is 0 Å². The molecule has 0 bridgehead atoms. The molecule has 0 atom stereocenters. The van der Waals surface area contributed by atoms with Crippen molar-refractivity contribution in [1.82, 2.24) is 0 Å². The molecule has 0 unspecified atom stereocenters. The number of hydrogen-bond acceptors (Lipinski definition) is 0. The van der Waals surface area contributed by atoms with Gasteiger partial charge in [-0.1, -0.05) is 0 Å². The summed E-state index contributed by atoms with van der Waals surface area (Å²) >= 11 is 5.23. The summed E-state index contributed by atoms with van der Waals surface area (Å²) in [5, 5.41) is 0. The molecule has 0 N–H and O–H groups in total. The summed E-state index contributed by atoms with van der Waals surface area (Å²) in [6.45, 7) is 0. The summed E-state index contributed by atoms with van der Waals surface area (Å²) in [5.41, 5.74) is 0. The Kier molecular flexibility index (Phi) is 3.44. The third-order valence-corrected chi connectivity index (χ3v) is 4.44. The molecule has 0 spiro atoms. The Labute approximate surface area is 70.4 Å². The van der Waals surface area contributed by atoms with Gasteiger partial charge in [0.15, 0.2) is 0 Å². The van der Waals surface area contributed by atoms with Crippen molar-refractivity contribution in [3.8, 4) is 0 Å². The zero-order valence-corrected chi connectivity index (χ0v) is 8.58. The minimum absolute atomic E-state index is 0.384. The zero-order chi connectivity index (χ0) is 6.53. The van der Waals surface area contributed by atoms with Crippen LogP contribution in [0, 0.1) is 0 Å². The molecule has 0 fully saturated rings. The van der Waals surface area contributed by atoms with E-state index >= 15 is 0 Å². The summed E-state index contributed by atoms with van der Waals surface area (Å²) in [7, 11) is 0. The van der Waals surface area contributed by atoms with E-state index in [1.54, 1.807) is 0 Å². The van der Waals surface area contributed by atoms with Gasteiger partial charge in [0, 0.05) is 0 Å². The van der Waals surface area contributed by atoms with Gasteiger partial charge in [-0.15, -0.1) is 0 Å². The first-order valence-corrected chi connectivity index (χ1v) is 6.76. The fourth-order valence-electron chi connectivity index (χ4n) is 0.633. The fourth-order valence-corrected chi connectivity index (χ4v) is 3.33. The van der Waals surface area contributed by atoms with E-state index in [4.69, 9.17) is 11.6 Å². The van der Waals surface area contributed by atoms with Crippen LogP contribution in [0.3, 0.4) is 0 Å². The van der Waals surface area contributed by atoms with Gasteiger partial charge in [-0.05, 0) is 0 Å². The summed E-state index contributed by atoms with van der Waals surface area (Å²) in [6.07, 6.45) is 0. The second kappa shape index (κ2) is 4.18. The van der Waals surface area contributed by atoms with Gasteiger partial charge in [0.05, 0.1) is 0 Å². The maximum atomic E-state index is 5.61. The monoisotopic (exact) mass is 246 g/mol. The van der Waals surface area contributed by atoms with Crippen LogP contribution in [0.4, 0.5) is 0 Å². The summed E-state index contributed by atoms with van der Waals surface area (Å²) in [6, 6.07) is 10.5. The summed E-state index contributed by atoms with van der Waals surface area (Å²) < 4.78 is 2.36. The van der Waals surface area contributed by atoms with Crippen molar-refractivity contribution in [1.29, 1.82) is 0 Å². The standard InChI is InChI=1S/C6H5.CH2Cl.Sn/c1-2-4-6-5-3-1;1-2;/h1-5H;1H2;. The van der Waals surface area contributed by atoms with Crippen LogP contribution in [-0.4, -0.2) is 25.0 Å².